The molecule has 0 atom stereocenters. The number of carbonyl (C=O) groups is 3. The van der Waals surface area contributed by atoms with Gasteiger partial charge in [0.1, 0.15) is 5.41 Å². The summed E-state index contributed by atoms with van der Waals surface area (Å²) in [6, 6.07) is 14.4. The molecule has 0 spiro atoms. The second-order valence-electron chi connectivity index (χ2n) is 6.76. The fourth-order valence-electron chi connectivity index (χ4n) is 2.97. The maximum Gasteiger partial charge on any atom is 0.240 e. The van der Waals surface area contributed by atoms with Crippen LogP contribution in [0.25, 0.3) is 0 Å². The van der Waals surface area contributed by atoms with Crippen LogP contribution >= 0.6 is 0 Å². The summed E-state index contributed by atoms with van der Waals surface area (Å²) in [5, 5.41) is 8.39. The molecule has 0 bridgehead atoms. The first kappa shape index (κ1) is 18.6. The molecule has 6 nitrogen and oxygen atoms in total. The summed E-state index contributed by atoms with van der Waals surface area (Å²) < 4.78 is 0. The molecule has 1 saturated carbocycles. The summed E-state index contributed by atoms with van der Waals surface area (Å²) in [7, 11) is 0. The van der Waals surface area contributed by atoms with Crippen LogP contribution in [0.2, 0.25) is 0 Å². The lowest BCUT2D eigenvalue weighted by molar-refractivity contribution is -0.131. The van der Waals surface area contributed by atoms with Gasteiger partial charge in [-0.25, -0.2) is 0 Å². The molecule has 27 heavy (non-hydrogen) atoms. The summed E-state index contributed by atoms with van der Waals surface area (Å²) in [5.74, 6) is -0.732. The first-order valence-electron chi connectivity index (χ1n) is 9.03. The van der Waals surface area contributed by atoms with Crippen LogP contribution in [0.4, 0.5) is 17.1 Å². The number of hydrogen-bond donors (Lipinski definition) is 3. The minimum Gasteiger partial charge on any atom is -0.326 e. The highest BCUT2D eigenvalue weighted by molar-refractivity contribution is 6.17. The number of nitrogens with one attached hydrogen (secondary N) is 3. The third-order valence-electron chi connectivity index (χ3n) is 4.73. The van der Waals surface area contributed by atoms with Crippen molar-refractivity contribution in [3.63, 3.8) is 0 Å². The van der Waals surface area contributed by atoms with Crippen molar-refractivity contribution in [3.05, 3.63) is 54.1 Å². The summed E-state index contributed by atoms with van der Waals surface area (Å²) in [4.78, 5) is 36.5. The molecule has 3 amide bonds. The Balaban J connectivity index is 1.67. The summed E-state index contributed by atoms with van der Waals surface area (Å²) in [6.45, 7) is 3.46. The van der Waals surface area contributed by atoms with Gasteiger partial charge < -0.3 is 16.0 Å². The molecule has 1 aliphatic rings. The Bertz CT molecular complexity index is 870. The van der Waals surface area contributed by atoms with Crippen molar-refractivity contribution in [3.8, 4) is 0 Å². The summed E-state index contributed by atoms with van der Waals surface area (Å²) >= 11 is 0. The average molecular weight is 365 g/mol. The van der Waals surface area contributed by atoms with Crippen molar-refractivity contribution < 1.29 is 14.4 Å². The van der Waals surface area contributed by atoms with Crippen LogP contribution in [0, 0.1) is 5.41 Å². The summed E-state index contributed by atoms with van der Waals surface area (Å²) in [6.07, 6.45) is 1.86. The molecule has 6 heteroatoms. The Labute approximate surface area is 158 Å². The molecule has 3 rings (SSSR count). The normalized spacial score (nSPS) is 14.1. The van der Waals surface area contributed by atoms with E-state index >= 15 is 0 Å². The molecule has 140 valence electrons. The Morgan fingerprint density at radius 1 is 0.852 bits per heavy atom. The van der Waals surface area contributed by atoms with Crippen LogP contribution in [0.1, 0.15) is 32.3 Å². The molecular formula is C21H23N3O3. The van der Waals surface area contributed by atoms with E-state index in [-0.39, 0.29) is 17.7 Å². The molecule has 0 aliphatic heterocycles. The fourth-order valence-corrected chi connectivity index (χ4v) is 2.97. The second kappa shape index (κ2) is 7.61. The number of anilines is 3. The van der Waals surface area contributed by atoms with Crippen LogP contribution in [0.15, 0.2) is 48.5 Å². The molecule has 0 saturated heterocycles. The predicted molar refractivity (Wildman–Crippen MR) is 105 cm³/mol. The van der Waals surface area contributed by atoms with Crippen LogP contribution in [0.5, 0.6) is 0 Å². The van der Waals surface area contributed by atoms with E-state index in [2.05, 4.69) is 16.0 Å². The van der Waals surface area contributed by atoms with Gasteiger partial charge in [0.25, 0.3) is 0 Å². The third kappa shape index (κ3) is 4.16. The maximum atomic E-state index is 12.8. The highest BCUT2D eigenvalue weighted by Crippen LogP contribution is 2.47. The zero-order valence-electron chi connectivity index (χ0n) is 15.5. The number of amides is 3. The van der Waals surface area contributed by atoms with Gasteiger partial charge in [0, 0.05) is 24.0 Å². The van der Waals surface area contributed by atoms with E-state index in [1.165, 1.54) is 6.92 Å². The highest BCUT2D eigenvalue weighted by Gasteiger charge is 2.56. The van der Waals surface area contributed by atoms with Gasteiger partial charge in [-0.05, 0) is 55.2 Å². The lowest BCUT2D eigenvalue weighted by Gasteiger charge is -2.17. The van der Waals surface area contributed by atoms with E-state index in [0.29, 0.717) is 24.2 Å². The molecule has 0 aromatic heterocycles. The predicted octanol–water partition coefficient (Wildman–Crippen LogP) is 3.56. The molecule has 0 radical (unpaired) electrons. The molecule has 1 fully saturated rings. The van der Waals surface area contributed by atoms with E-state index in [4.69, 9.17) is 0 Å². The van der Waals surface area contributed by atoms with E-state index in [1.54, 1.807) is 24.3 Å². The number of benzene rings is 2. The monoisotopic (exact) mass is 365 g/mol. The number of carbonyl (C=O) groups excluding carboxylic acids is 3. The Kier molecular flexibility index (Phi) is 5.26. The molecular weight excluding hydrogens is 342 g/mol. The first-order valence-corrected chi connectivity index (χ1v) is 9.03. The maximum absolute atomic E-state index is 12.8. The van der Waals surface area contributed by atoms with Crippen LogP contribution in [-0.2, 0) is 20.8 Å². The summed E-state index contributed by atoms with van der Waals surface area (Å²) in [5.41, 5.74) is 2.01. The molecule has 0 heterocycles. The topological polar surface area (TPSA) is 87.3 Å². The van der Waals surface area contributed by atoms with Crippen molar-refractivity contribution in [2.45, 2.75) is 33.1 Å². The van der Waals surface area contributed by atoms with Gasteiger partial charge in [-0.2, -0.15) is 0 Å². The van der Waals surface area contributed by atoms with Gasteiger partial charge in [-0.15, -0.1) is 0 Å². The quantitative estimate of drug-likeness (QED) is 0.684. The van der Waals surface area contributed by atoms with Gasteiger partial charge in [-0.1, -0.05) is 25.1 Å². The molecule has 2 aromatic rings. The van der Waals surface area contributed by atoms with Crippen molar-refractivity contribution in [1.82, 2.24) is 0 Å². The van der Waals surface area contributed by atoms with Crippen LogP contribution in [-0.4, -0.2) is 17.7 Å². The van der Waals surface area contributed by atoms with Crippen molar-refractivity contribution in [2.75, 3.05) is 16.0 Å². The van der Waals surface area contributed by atoms with E-state index in [0.717, 1.165) is 17.7 Å². The third-order valence-corrected chi connectivity index (χ3v) is 4.73. The largest absolute Gasteiger partial charge is 0.326 e. The number of aryl methyl sites for hydroxylation is 1. The molecule has 0 unspecified atom stereocenters. The Hall–Kier alpha value is -3.15. The lowest BCUT2D eigenvalue weighted by atomic mass is 10.0. The standard InChI is InChI=1S/C21H23N3O3/c1-3-15-6-4-5-7-18(15)24-20(27)21(12-13-21)19(26)23-17-10-8-16(9-11-17)22-14(2)25/h4-11H,3,12-13H2,1-2H3,(H,22,25)(H,23,26)(H,24,27). The molecule has 1 aliphatic carbocycles. The second-order valence-corrected chi connectivity index (χ2v) is 6.76. The molecule has 3 N–H and O–H groups in total. The van der Waals surface area contributed by atoms with E-state index < -0.39 is 5.41 Å². The van der Waals surface area contributed by atoms with Crippen LogP contribution in [0.3, 0.4) is 0 Å². The zero-order chi connectivity index (χ0) is 19.4. The van der Waals surface area contributed by atoms with Gasteiger partial charge in [0.05, 0.1) is 0 Å². The number of para-hydroxylation sites is 1. The Morgan fingerprint density at radius 3 is 1.96 bits per heavy atom. The minimum absolute atomic E-state index is 0.159. The minimum atomic E-state index is -1.02. The van der Waals surface area contributed by atoms with Crippen molar-refractivity contribution >= 4 is 34.8 Å². The number of rotatable bonds is 6. The van der Waals surface area contributed by atoms with Crippen molar-refractivity contribution in [1.29, 1.82) is 0 Å². The average Bonchev–Trinajstić information content (AvgIpc) is 3.45. The highest BCUT2D eigenvalue weighted by atomic mass is 16.2. The molecule has 2 aromatic carbocycles. The van der Waals surface area contributed by atoms with E-state index in [9.17, 15) is 14.4 Å². The van der Waals surface area contributed by atoms with Crippen LogP contribution < -0.4 is 16.0 Å². The Morgan fingerprint density at radius 2 is 1.41 bits per heavy atom. The smallest absolute Gasteiger partial charge is 0.240 e. The van der Waals surface area contributed by atoms with Gasteiger partial charge >= 0.3 is 0 Å². The zero-order valence-corrected chi connectivity index (χ0v) is 15.5. The number of hydrogen-bond acceptors (Lipinski definition) is 3. The SMILES string of the molecule is CCc1ccccc1NC(=O)C1(C(=O)Nc2ccc(NC(C)=O)cc2)CC1. The fraction of sp³-hybridized carbons (Fsp3) is 0.286. The van der Waals surface area contributed by atoms with Gasteiger partial charge in [0.15, 0.2) is 0 Å². The van der Waals surface area contributed by atoms with E-state index in [1.807, 2.05) is 31.2 Å². The van der Waals surface area contributed by atoms with Gasteiger partial charge in [-0.3, -0.25) is 14.4 Å². The lowest BCUT2D eigenvalue weighted by Crippen LogP contribution is -2.35. The first-order chi connectivity index (χ1) is 12.9. The van der Waals surface area contributed by atoms with Crippen molar-refractivity contribution in [2.24, 2.45) is 5.41 Å². The van der Waals surface area contributed by atoms with Gasteiger partial charge in [0.2, 0.25) is 17.7 Å².